The van der Waals surface area contributed by atoms with Gasteiger partial charge in [0.25, 0.3) is 23.6 Å². The topological polar surface area (TPSA) is 110 Å². The summed E-state index contributed by atoms with van der Waals surface area (Å²) >= 11 is 0. The quantitative estimate of drug-likeness (QED) is 0.0548. The van der Waals surface area contributed by atoms with Crippen LogP contribution in [0.4, 0.5) is 28.4 Å². The molecular formula is C71H64N6O6. The summed E-state index contributed by atoms with van der Waals surface area (Å²) in [5.41, 5.74) is 16.3. The van der Waals surface area contributed by atoms with Crippen LogP contribution < -0.4 is 19.5 Å². The molecule has 0 bridgehead atoms. The van der Waals surface area contributed by atoms with Crippen LogP contribution in [0.5, 0.6) is 11.5 Å². The first-order valence-electron chi connectivity index (χ1n) is 27.6. The molecule has 12 nitrogen and oxygen atoms in total. The lowest BCUT2D eigenvalue weighted by atomic mass is 10.0. The van der Waals surface area contributed by atoms with Crippen molar-refractivity contribution >= 4 is 99.0 Å². The van der Waals surface area contributed by atoms with E-state index in [1.165, 1.54) is 0 Å². The summed E-state index contributed by atoms with van der Waals surface area (Å²) in [7, 11) is 0. The molecule has 2 aromatic heterocycles. The molecule has 0 aliphatic carbocycles. The number of imide groups is 2. The first-order chi connectivity index (χ1) is 40.4. The fourth-order valence-electron chi connectivity index (χ4n) is 10.9. The molecule has 0 saturated carbocycles. The molecule has 6 aromatic carbocycles. The first kappa shape index (κ1) is 55.8. The predicted octanol–water partition coefficient (Wildman–Crippen LogP) is 16.9. The van der Waals surface area contributed by atoms with Gasteiger partial charge in [-0.15, -0.1) is 10.1 Å². The Labute approximate surface area is 484 Å². The highest BCUT2D eigenvalue weighted by molar-refractivity contribution is 6.02. The Morgan fingerprint density at radius 3 is 1.53 bits per heavy atom. The number of carbonyl (C=O) groups excluding carboxylic acids is 4. The van der Waals surface area contributed by atoms with Gasteiger partial charge in [-0.3, -0.25) is 19.2 Å². The molecule has 83 heavy (non-hydrogen) atoms. The van der Waals surface area contributed by atoms with E-state index < -0.39 is 0 Å². The molecule has 414 valence electrons. The number of hydroxylamine groups is 4. The lowest BCUT2D eigenvalue weighted by Gasteiger charge is -2.27. The van der Waals surface area contributed by atoms with E-state index in [-0.39, 0.29) is 49.3 Å². The molecule has 4 heterocycles. The summed E-state index contributed by atoms with van der Waals surface area (Å²) in [5, 5.41) is 2.74. The van der Waals surface area contributed by atoms with E-state index in [0.717, 1.165) is 111 Å². The maximum Gasteiger partial charge on any atom is 0.263 e. The summed E-state index contributed by atoms with van der Waals surface area (Å²) < 4.78 is 4.43. The second-order valence-electron chi connectivity index (χ2n) is 19.9. The molecule has 12 heteroatoms. The molecule has 2 aliphatic rings. The number of hydrogen-bond donors (Lipinski definition) is 0. The number of rotatable bonds is 20. The minimum atomic E-state index is -0.367. The van der Waals surface area contributed by atoms with Crippen molar-refractivity contribution in [3.8, 4) is 28.3 Å². The van der Waals surface area contributed by atoms with Gasteiger partial charge in [-0.2, -0.15) is 0 Å². The average molecular weight is 1100 g/mol. The Morgan fingerprint density at radius 2 is 1.04 bits per heavy atom. The van der Waals surface area contributed by atoms with Crippen LogP contribution in [0, 0.1) is 6.92 Å². The monoisotopic (exact) mass is 1100 g/mol. The van der Waals surface area contributed by atoms with Crippen LogP contribution in [0.3, 0.4) is 0 Å². The van der Waals surface area contributed by atoms with Crippen LogP contribution in [-0.2, 0) is 19.2 Å². The molecule has 10 rings (SSSR count). The number of anilines is 5. The van der Waals surface area contributed by atoms with Crippen molar-refractivity contribution < 1.29 is 28.9 Å². The molecule has 0 radical (unpaired) electrons. The van der Waals surface area contributed by atoms with Gasteiger partial charge in [0.15, 0.2) is 11.5 Å². The number of para-hydroxylation sites is 1. The van der Waals surface area contributed by atoms with Crippen LogP contribution in [0.25, 0.3) is 63.8 Å². The molecule has 2 fully saturated rings. The molecule has 0 spiro atoms. The van der Waals surface area contributed by atoms with Gasteiger partial charge in [-0.25, -0.2) is 0 Å². The van der Waals surface area contributed by atoms with E-state index >= 15 is 0 Å². The van der Waals surface area contributed by atoms with Crippen LogP contribution in [0.15, 0.2) is 207 Å². The number of benzene rings is 6. The molecule has 0 unspecified atom stereocenters. The maximum atomic E-state index is 12.5. The molecule has 0 N–H and O–H groups in total. The zero-order valence-corrected chi connectivity index (χ0v) is 47.3. The lowest BCUT2D eigenvalue weighted by molar-refractivity contribution is -0.165. The summed E-state index contributed by atoms with van der Waals surface area (Å²) in [6, 6.07) is 48.3. The third-order valence-corrected chi connectivity index (χ3v) is 14.7. The smallest absolute Gasteiger partial charge is 0.263 e. The minimum absolute atomic E-state index is 0.121. The van der Waals surface area contributed by atoms with Crippen LogP contribution in [0.1, 0.15) is 87.2 Å². The zero-order valence-electron chi connectivity index (χ0n) is 47.3. The third kappa shape index (κ3) is 11.1. The van der Waals surface area contributed by atoms with Gasteiger partial charge in [0.2, 0.25) is 0 Å². The Kier molecular flexibility index (Phi) is 16.5. The SMILES string of the molecule is C=C/C=C\C(=C/C)n1c(C)c(/C=C(\C)N(c2ccc(ON3C(=O)CCC3=O)cc2)c2ccc(-c3ccc(N(c4ccc(ON5C(=O)CCC5=O)cc4)c4ccc5c(c4)c(/C=C\C)c(C=C)n5-c4ccccc4)cc3)cc2)c(/C=C\C)c1C=C. The maximum absolute atomic E-state index is 12.5. The van der Waals surface area contributed by atoms with Gasteiger partial charge in [-0.05, 0) is 173 Å². The third-order valence-electron chi connectivity index (χ3n) is 14.7. The van der Waals surface area contributed by atoms with Crippen molar-refractivity contribution in [2.24, 2.45) is 0 Å². The number of fused-ring (bicyclic) bond motifs is 1. The summed E-state index contributed by atoms with van der Waals surface area (Å²) in [4.78, 5) is 65.8. The number of nitrogens with zero attached hydrogens (tertiary/aromatic N) is 6. The largest absolute Gasteiger partial charge is 0.369 e. The van der Waals surface area contributed by atoms with Crippen molar-refractivity contribution in [2.75, 3.05) is 9.80 Å². The Hall–Kier alpha value is -10.5. The zero-order chi connectivity index (χ0) is 58.3. The molecular weight excluding hydrogens is 1030 g/mol. The van der Waals surface area contributed by atoms with Gasteiger partial charge in [0.05, 0.1) is 16.9 Å². The minimum Gasteiger partial charge on any atom is -0.369 e. The van der Waals surface area contributed by atoms with E-state index in [4.69, 9.17) is 9.68 Å². The highest BCUT2D eigenvalue weighted by Gasteiger charge is 2.33. The standard InChI is InChI=1S/C71H64N6O6/c1-9-15-21-52(12-4)73-49(8)63(61(19-10-2)65(73)13-5)46-48(7)72(55-32-37-59(38-33-55)82-76-68(78)42-43-69(76)79)54-28-24-50(25-29-54)51-26-30-56(31-27-51)74(57-34-39-60(40-35-57)83-77-70(80)44-45-71(77)81)58-36-41-67-64(47-58)62(20-11-3)66(14-6)75(67)53-22-17-16-18-23-53/h9-41,46-47H,1,5-6,42-45H2,2-4,7-8H3/b19-10-,20-11-,21-15-,48-46+,52-12+. The van der Waals surface area contributed by atoms with Crippen LogP contribution in [0.2, 0.25) is 0 Å². The van der Waals surface area contributed by atoms with E-state index in [1.54, 1.807) is 30.3 Å². The summed E-state index contributed by atoms with van der Waals surface area (Å²) in [6.45, 7) is 22.6. The van der Waals surface area contributed by atoms with Gasteiger partial charge < -0.3 is 28.6 Å². The fraction of sp³-hybridized carbons (Fsp3) is 0.127. The predicted molar refractivity (Wildman–Crippen MR) is 337 cm³/mol. The van der Waals surface area contributed by atoms with E-state index in [2.05, 4.69) is 156 Å². The Bertz CT molecular complexity index is 3950. The molecule has 8 aromatic rings. The van der Waals surface area contributed by atoms with Crippen molar-refractivity contribution in [1.82, 2.24) is 19.3 Å². The highest BCUT2D eigenvalue weighted by atomic mass is 16.7. The fourth-order valence-corrected chi connectivity index (χ4v) is 10.9. The number of allylic oxidation sites excluding steroid dienone is 8. The molecule has 2 aliphatic heterocycles. The molecule has 0 atom stereocenters. The molecule has 2 saturated heterocycles. The molecule has 4 amide bonds. The lowest BCUT2D eigenvalue weighted by Crippen LogP contribution is -2.32. The van der Waals surface area contributed by atoms with Gasteiger partial charge in [0.1, 0.15) is 0 Å². The van der Waals surface area contributed by atoms with Crippen molar-refractivity contribution in [2.45, 2.75) is 60.3 Å². The van der Waals surface area contributed by atoms with Crippen molar-refractivity contribution in [3.05, 3.63) is 241 Å². The first-order valence-corrected chi connectivity index (χ1v) is 27.6. The van der Waals surface area contributed by atoms with E-state index in [0.29, 0.717) is 11.5 Å². The van der Waals surface area contributed by atoms with E-state index in [1.807, 2.05) is 99.7 Å². The second kappa shape index (κ2) is 24.5. The van der Waals surface area contributed by atoms with Crippen LogP contribution >= 0.6 is 0 Å². The second-order valence-corrected chi connectivity index (χ2v) is 19.9. The normalized spacial score (nSPS) is 14.1. The van der Waals surface area contributed by atoms with Crippen molar-refractivity contribution in [3.63, 3.8) is 0 Å². The number of aromatic nitrogens is 2. The number of hydrogen-bond acceptors (Lipinski definition) is 8. The average Bonchev–Trinajstić information content (AvgIpc) is 2.76. The Morgan fingerprint density at radius 1 is 0.554 bits per heavy atom. The summed E-state index contributed by atoms with van der Waals surface area (Å²) in [5.74, 6) is -0.732. The van der Waals surface area contributed by atoms with Gasteiger partial charge in [0, 0.05) is 99.0 Å². The highest BCUT2D eigenvalue weighted by Crippen LogP contribution is 2.42. The van der Waals surface area contributed by atoms with Gasteiger partial charge in [-0.1, -0.05) is 105 Å². The van der Waals surface area contributed by atoms with Gasteiger partial charge >= 0.3 is 0 Å². The number of amides is 4. The number of carbonyl (C=O) groups is 4. The van der Waals surface area contributed by atoms with Crippen molar-refractivity contribution in [1.29, 1.82) is 0 Å². The van der Waals surface area contributed by atoms with Crippen LogP contribution in [-0.4, -0.2) is 42.9 Å². The summed E-state index contributed by atoms with van der Waals surface area (Å²) in [6.07, 6.45) is 22.5. The Balaban J connectivity index is 1.03. The van der Waals surface area contributed by atoms with E-state index in [9.17, 15) is 19.2 Å².